The quantitative estimate of drug-likeness (QED) is 0.817. The number of hydrogen-bond acceptors (Lipinski definition) is 4. The fraction of sp³-hybridized carbons (Fsp3) is 0.308. The largest absolute Gasteiger partial charge is 0.399 e. The summed E-state index contributed by atoms with van der Waals surface area (Å²) in [6.07, 6.45) is 1.92. The Morgan fingerprint density at radius 3 is 2.94 bits per heavy atom. The fourth-order valence-corrected chi connectivity index (χ4v) is 2.43. The van der Waals surface area contributed by atoms with Crippen molar-refractivity contribution >= 4 is 17.0 Å². The molecule has 1 aromatic carbocycles. The lowest BCUT2D eigenvalue weighted by Gasteiger charge is -2.11. The summed E-state index contributed by atoms with van der Waals surface area (Å²) in [4.78, 5) is 5.62. The van der Waals surface area contributed by atoms with Crippen LogP contribution in [0.5, 0.6) is 0 Å². The molecule has 0 spiro atoms. The molecule has 0 saturated carbocycles. The predicted molar refractivity (Wildman–Crippen MR) is 73.0 cm³/mol. The molecule has 1 atom stereocenters. The predicted octanol–water partition coefficient (Wildman–Crippen LogP) is 2.88. The van der Waals surface area contributed by atoms with Crippen LogP contribution < -0.4 is 11.1 Å². The third kappa shape index (κ3) is 3.28. The van der Waals surface area contributed by atoms with E-state index in [0.29, 0.717) is 0 Å². The normalized spacial score (nSPS) is 12.6. The van der Waals surface area contributed by atoms with Crippen LogP contribution in [-0.2, 0) is 6.54 Å². The van der Waals surface area contributed by atoms with Crippen molar-refractivity contribution in [2.24, 2.45) is 0 Å². The van der Waals surface area contributed by atoms with E-state index in [1.807, 2.05) is 24.4 Å². The number of rotatable bonds is 4. The molecule has 2 rings (SSSR count). The van der Waals surface area contributed by atoms with E-state index in [0.717, 1.165) is 17.2 Å². The molecule has 0 bridgehead atoms. The van der Waals surface area contributed by atoms with Gasteiger partial charge in [0.2, 0.25) is 0 Å². The molecule has 0 amide bonds. The number of nitrogens with two attached hydrogens (primary N) is 1. The van der Waals surface area contributed by atoms with Gasteiger partial charge in [-0.3, -0.25) is 0 Å². The van der Waals surface area contributed by atoms with E-state index >= 15 is 0 Å². The van der Waals surface area contributed by atoms with E-state index in [1.54, 1.807) is 11.3 Å². The van der Waals surface area contributed by atoms with Gasteiger partial charge in [0, 0.05) is 23.3 Å². The van der Waals surface area contributed by atoms with Gasteiger partial charge in [0.15, 0.2) is 0 Å². The lowest BCUT2D eigenvalue weighted by atomic mass is 10.2. The second-order valence-corrected chi connectivity index (χ2v) is 5.42. The van der Waals surface area contributed by atoms with E-state index in [-0.39, 0.29) is 6.04 Å². The van der Waals surface area contributed by atoms with Crippen LogP contribution in [0.3, 0.4) is 0 Å². The number of aryl methyl sites for hydroxylation is 1. The highest BCUT2D eigenvalue weighted by Gasteiger charge is 2.08. The smallest absolute Gasteiger partial charge is 0.109 e. The Bertz CT molecular complexity index is 493. The molecule has 17 heavy (non-hydrogen) atoms. The van der Waals surface area contributed by atoms with Crippen molar-refractivity contribution in [1.82, 2.24) is 10.3 Å². The highest BCUT2D eigenvalue weighted by atomic mass is 32.1. The van der Waals surface area contributed by atoms with E-state index in [1.165, 1.54) is 10.4 Å². The Kier molecular flexibility index (Phi) is 3.76. The maximum absolute atomic E-state index is 5.74. The van der Waals surface area contributed by atoms with Gasteiger partial charge in [-0.05, 0) is 31.5 Å². The summed E-state index contributed by atoms with van der Waals surface area (Å²) >= 11 is 1.74. The Morgan fingerprint density at radius 2 is 2.29 bits per heavy atom. The van der Waals surface area contributed by atoms with E-state index in [2.05, 4.69) is 30.2 Å². The van der Waals surface area contributed by atoms with Gasteiger partial charge in [-0.25, -0.2) is 4.98 Å². The average molecular weight is 247 g/mol. The van der Waals surface area contributed by atoms with E-state index in [9.17, 15) is 0 Å². The molecule has 3 nitrogen and oxygen atoms in total. The first kappa shape index (κ1) is 12.1. The summed E-state index contributed by atoms with van der Waals surface area (Å²) in [6, 6.07) is 8.22. The van der Waals surface area contributed by atoms with Crippen molar-refractivity contribution in [3.05, 3.63) is 45.9 Å². The lowest BCUT2D eigenvalue weighted by molar-refractivity contribution is 0.572. The van der Waals surface area contributed by atoms with Crippen LogP contribution >= 0.6 is 11.3 Å². The number of thiazole rings is 1. The number of aromatic nitrogens is 1. The fourth-order valence-electron chi connectivity index (χ4n) is 1.63. The number of benzene rings is 1. The lowest BCUT2D eigenvalue weighted by Crippen LogP contribution is -2.17. The molecule has 4 heteroatoms. The Labute approximate surface area is 106 Å². The van der Waals surface area contributed by atoms with Crippen LogP contribution in [-0.4, -0.2) is 4.98 Å². The van der Waals surface area contributed by atoms with Gasteiger partial charge >= 0.3 is 0 Å². The second-order valence-electron chi connectivity index (χ2n) is 4.16. The second kappa shape index (κ2) is 5.29. The van der Waals surface area contributed by atoms with Crippen LogP contribution in [0.15, 0.2) is 30.5 Å². The van der Waals surface area contributed by atoms with Crippen LogP contribution in [0.4, 0.5) is 5.69 Å². The summed E-state index contributed by atoms with van der Waals surface area (Å²) in [5.41, 5.74) is 7.75. The Balaban J connectivity index is 1.94. The van der Waals surface area contributed by atoms with Gasteiger partial charge < -0.3 is 11.1 Å². The van der Waals surface area contributed by atoms with Crippen LogP contribution in [0, 0.1) is 6.92 Å². The van der Waals surface area contributed by atoms with E-state index in [4.69, 9.17) is 5.73 Å². The summed E-state index contributed by atoms with van der Waals surface area (Å²) in [6.45, 7) is 5.02. The van der Waals surface area contributed by atoms with Crippen LogP contribution in [0.1, 0.15) is 28.4 Å². The minimum Gasteiger partial charge on any atom is -0.399 e. The molecule has 1 heterocycles. The molecule has 0 saturated heterocycles. The van der Waals surface area contributed by atoms with Gasteiger partial charge in [-0.2, -0.15) is 0 Å². The molecule has 0 aliphatic heterocycles. The van der Waals surface area contributed by atoms with Crippen molar-refractivity contribution in [2.45, 2.75) is 26.4 Å². The van der Waals surface area contributed by atoms with Crippen molar-refractivity contribution in [1.29, 1.82) is 0 Å². The highest BCUT2D eigenvalue weighted by molar-refractivity contribution is 7.11. The zero-order chi connectivity index (χ0) is 12.3. The maximum atomic E-state index is 5.74. The summed E-state index contributed by atoms with van der Waals surface area (Å²) in [5, 5.41) is 4.58. The molecule has 3 N–H and O–H groups in total. The van der Waals surface area contributed by atoms with Gasteiger partial charge in [0.25, 0.3) is 0 Å². The van der Waals surface area contributed by atoms with Crippen molar-refractivity contribution < 1.29 is 0 Å². The van der Waals surface area contributed by atoms with Crippen molar-refractivity contribution in [2.75, 3.05) is 5.73 Å². The molecule has 0 radical (unpaired) electrons. The molecular formula is C13H17N3S. The third-order valence-corrected chi connectivity index (χ3v) is 3.67. The molecule has 1 aromatic heterocycles. The van der Waals surface area contributed by atoms with Crippen LogP contribution in [0.25, 0.3) is 0 Å². The first-order chi connectivity index (χ1) is 8.15. The average Bonchev–Trinajstić information content (AvgIpc) is 2.73. The maximum Gasteiger partial charge on any atom is 0.109 e. The van der Waals surface area contributed by atoms with Gasteiger partial charge in [0.05, 0.1) is 6.04 Å². The monoisotopic (exact) mass is 247 g/mol. The van der Waals surface area contributed by atoms with Gasteiger partial charge in [-0.15, -0.1) is 11.3 Å². The molecule has 0 aliphatic carbocycles. The topological polar surface area (TPSA) is 50.9 Å². The van der Waals surface area contributed by atoms with Crippen LogP contribution in [0.2, 0.25) is 0 Å². The minimum absolute atomic E-state index is 0.273. The zero-order valence-corrected chi connectivity index (χ0v) is 10.9. The first-order valence-electron chi connectivity index (χ1n) is 5.65. The SMILES string of the molecule is Cc1cnc(C(C)NCc2cccc(N)c2)s1. The number of hydrogen-bond donors (Lipinski definition) is 2. The zero-order valence-electron chi connectivity index (χ0n) is 10.1. The molecule has 0 fully saturated rings. The standard InChI is InChI=1S/C13H17N3S/c1-9-7-16-13(17-9)10(2)15-8-11-4-3-5-12(14)6-11/h3-7,10,15H,8,14H2,1-2H3. The molecule has 1 unspecified atom stereocenters. The Morgan fingerprint density at radius 1 is 1.47 bits per heavy atom. The van der Waals surface area contributed by atoms with Gasteiger partial charge in [0.1, 0.15) is 5.01 Å². The number of nitrogens with one attached hydrogen (secondary N) is 1. The summed E-state index contributed by atoms with van der Waals surface area (Å²) in [5.74, 6) is 0. The minimum atomic E-state index is 0.273. The van der Waals surface area contributed by atoms with Gasteiger partial charge in [-0.1, -0.05) is 12.1 Å². The third-order valence-electron chi connectivity index (χ3n) is 2.57. The number of nitrogens with zero attached hydrogens (tertiary/aromatic N) is 1. The Hall–Kier alpha value is -1.39. The summed E-state index contributed by atoms with van der Waals surface area (Å²) in [7, 11) is 0. The molecular weight excluding hydrogens is 230 g/mol. The van der Waals surface area contributed by atoms with Crippen molar-refractivity contribution in [3.8, 4) is 0 Å². The molecule has 90 valence electrons. The molecule has 0 aliphatic rings. The number of anilines is 1. The van der Waals surface area contributed by atoms with Crippen molar-refractivity contribution in [3.63, 3.8) is 0 Å². The summed E-state index contributed by atoms with van der Waals surface area (Å²) < 4.78 is 0. The molecule has 2 aromatic rings. The van der Waals surface area contributed by atoms with E-state index < -0.39 is 0 Å². The highest BCUT2D eigenvalue weighted by Crippen LogP contribution is 2.19. The number of nitrogen functional groups attached to an aromatic ring is 1. The first-order valence-corrected chi connectivity index (χ1v) is 6.47.